The van der Waals surface area contributed by atoms with Gasteiger partial charge in [-0.05, 0) is 60.7 Å². The number of sulfonamides is 1. The second-order valence-corrected chi connectivity index (χ2v) is 8.24. The summed E-state index contributed by atoms with van der Waals surface area (Å²) in [6.45, 7) is 4.53. The van der Waals surface area contributed by atoms with E-state index in [9.17, 15) is 8.42 Å². The van der Waals surface area contributed by atoms with Gasteiger partial charge in [-0.2, -0.15) is 4.31 Å². The number of aryl methyl sites for hydroxylation is 2. The Morgan fingerprint density at radius 1 is 0.960 bits per heavy atom. The van der Waals surface area contributed by atoms with Gasteiger partial charge in [0.15, 0.2) is 11.5 Å². The number of hydrogen-bond donors (Lipinski definition) is 0. The molecule has 0 aromatic heterocycles. The highest BCUT2D eigenvalue weighted by atomic mass is 32.2. The van der Waals surface area contributed by atoms with Crippen LogP contribution < -0.4 is 9.47 Å². The molecule has 0 saturated heterocycles. The number of hydrogen-bond acceptors (Lipinski definition) is 4. The van der Waals surface area contributed by atoms with Crippen molar-refractivity contribution < 1.29 is 17.9 Å². The third kappa shape index (κ3) is 3.24. The lowest BCUT2D eigenvalue weighted by molar-refractivity contribution is 0.348. The molecule has 0 bridgehead atoms. The summed E-state index contributed by atoms with van der Waals surface area (Å²) < 4.78 is 38.5. The van der Waals surface area contributed by atoms with E-state index in [2.05, 4.69) is 0 Å². The molecule has 3 rings (SSSR count). The van der Waals surface area contributed by atoms with Crippen molar-refractivity contribution >= 4 is 10.0 Å². The fourth-order valence-corrected chi connectivity index (χ4v) is 4.92. The van der Waals surface area contributed by atoms with Crippen LogP contribution in [-0.4, -0.2) is 33.5 Å². The number of benzene rings is 2. The van der Waals surface area contributed by atoms with Crippen molar-refractivity contribution in [3.8, 4) is 11.5 Å². The first kappa shape index (κ1) is 17.8. The lowest BCUT2D eigenvalue weighted by atomic mass is 10.0. The second-order valence-electron chi connectivity index (χ2n) is 6.33. The van der Waals surface area contributed by atoms with Gasteiger partial charge < -0.3 is 9.47 Å². The third-order valence-electron chi connectivity index (χ3n) is 4.64. The first-order valence-corrected chi connectivity index (χ1v) is 9.62. The zero-order valence-corrected chi connectivity index (χ0v) is 15.8. The van der Waals surface area contributed by atoms with E-state index in [4.69, 9.17) is 9.47 Å². The highest BCUT2D eigenvalue weighted by Crippen LogP contribution is 2.35. The van der Waals surface area contributed by atoms with Crippen molar-refractivity contribution in [3.05, 3.63) is 52.6 Å². The van der Waals surface area contributed by atoms with Gasteiger partial charge in [-0.3, -0.25) is 0 Å². The quantitative estimate of drug-likeness (QED) is 0.840. The summed E-state index contributed by atoms with van der Waals surface area (Å²) in [6, 6.07) is 9.34. The molecule has 0 spiro atoms. The van der Waals surface area contributed by atoms with Gasteiger partial charge in [0.2, 0.25) is 10.0 Å². The first-order chi connectivity index (χ1) is 11.9. The van der Waals surface area contributed by atoms with Gasteiger partial charge in [-0.25, -0.2) is 8.42 Å². The molecule has 2 aromatic rings. The van der Waals surface area contributed by atoms with E-state index in [0.29, 0.717) is 35.9 Å². The molecule has 2 aromatic carbocycles. The molecule has 0 atom stereocenters. The van der Waals surface area contributed by atoms with Crippen LogP contribution in [0.2, 0.25) is 0 Å². The Bertz CT molecular complexity index is 906. The third-order valence-corrected chi connectivity index (χ3v) is 6.63. The van der Waals surface area contributed by atoms with Crippen LogP contribution in [0.4, 0.5) is 0 Å². The van der Waals surface area contributed by atoms with Crippen molar-refractivity contribution in [1.82, 2.24) is 4.31 Å². The molecule has 1 aliphatic heterocycles. The molecule has 0 N–H and O–H groups in total. The van der Waals surface area contributed by atoms with Crippen LogP contribution in [0.3, 0.4) is 0 Å². The van der Waals surface area contributed by atoms with Crippen molar-refractivity contribution in [2.45, 2.75) is 31.7 Å². The van der Waals surface area contributed by atoms with Gasteiger partial charge in [0.25, 0.3) is 0 Å². The van der Waals surface area contributed by atoms with E-state index in [1.807, 2.05) is 38.1 Å². The number of fused-ring (bicyclic) bond motifs is 1. The van der Waals surface area contributed by atoms with Crippen molar-refractivity contribution in [2.75, 3.05) is 20.8 Å². The van der Waals surface area contributed by atoms with Gasteiger partial charge >= 0.3 is 0 Å². The second kappa shape index (κ2) is 6.69. The fraction of sp³-hybridized carbons (Fsp3) is 0.368. The van der Waals surface area contributed by atoms with Crippen LogP contribution >= 0.6 is 0 Å². The summed E-state index contributed by atoms with van der Waals surface area (Å²) in [5.74, 6) is 1.29. The molecule has 0 saturated carbocycles. The molecule has 0 amide bonds. The zero-order valence-electron chi connectivity index (χ0n) is 15.0. The molecule has 5 nitrogen and oxygen atoms in total. The fourth-order valence-electron chi connectivity index (χ4n) is 3.19. The van der Waals surface area contributed by atoms with Crippen molar-refractivity contribution in [3.63, 3.8) is 0 Å². The van der Waals surface area contributed by atoms with E-state index in [1.54, 1.807) is 24.6 Å². The van der Waals surface area contributed by atoms with Gasteiger partial charge in [0.1, 0.15) is 0 Å². The van der Waals surface area contributed by atoms with E-state index >= 15 is 0 Å². The monoisotopic (exact) mass is 361 g/mol. The topological polar surface area (TPSA) is 55.8 Å². The molecular weight excluding hydrogens is 338 g/mol. The van der Waals surface area contributed by atoms with Crippen LogP contribution in [0, 0.1) is 13.8 Å². The molecule has 1 heterocycles. The van der Waals surface area contributed by atoms with Crippen LogP contribution in [0.1, 0.15) is 22.3 Å². The number of methoxy groups -OCH3 is 2. The van der Waals surface area contributed by atoms with Crippen LogP contribution in [0.15, 0.2) is 35.2 Å². The van der Waals surface area contributed by atoms with E-state index in [-0.39, 0.29) is 0 Å². The SMILES string of the molecule is COc1cc2c(cc1OC)CN(S(=O)(=O)c1cc(C)ccc1C)CC2. The molecule has 0 unspecified atom stereocenters. The van der Waals surface area contributed by atoms with Gasteiger partial charge in [-0.1, -0.05) is 12.1 Å². The number of ether oxygens (including phenoxy) is 2. The summed E-state index contributed by atoms with van der Waals surface area (Å²) in [5, 5.41) is 0. The Morgan fingerprint density at radius 3 is 2.24 bits per heavy atom. The Morgan fingerprint density at radius 2 is 1.60 bits per heavy atom. The maximum Gasteiger partial charge on any atom is 0.243 e. The summed E-state index contributed by atoms with van der Waals surface area (Å²) in [4.78, 5) is 0.386. The summed E-state index contributed by atoms with van der Waals surface area (Å²) >= 11 is 0. The highest BCUT2D eigenvalue weighted by Gasteiger charge is 2.30. The smallest absolute Gasteiger partial charge is 0.243 e. The maximum absolute atomic E-state index is 13.1. The molecule has 1 aliphatic rings. The molecular formula is C19H23NO4S. The maximum atomic E-state index is 13.1. The summed E-state index contributed by atoms with van der Waals surface area (Å²) in [7, 11) is -0.349. The van der Waals surface area contributed by atoms with Gasteiger partial charge in [-0.15, -0.1) is 0 Å². The first-order valence-electron chi connectivity index (χ1n) is 8.18. The Kier molecular flexibility index (Phi) is 4.75. The zero-order chi connectivity index (χ0) is 18.2. The molecule has 0 radical (unpaired) electrons. The summed E-state index contributed by atoms with van der Waals surface area (Å²) in [6.07, 6.45) is 0.653. The van der Waals surface area contributed by atoms with Crippen LogP contribution in [-0.2, 0) is 23.0 Å². The normalized spacial score (nSPS) is 14.9. The Hall–Kier alpha value is -2.05. The van der Waals surface area contributed by atoms with Crippen LogP contribution in [0.25, 0.3) is 0 Å². The largest absolute Gasteiger partial charge is 0.493 e. The minimum atomic E-state index is -3.53. The van der Waals surface area contributed by atoms with Gasteiger partial charge in [0, 0.05) is 13.1 Å². The highest BCUT2D eigenvalue weighted by molar-refractivity contribution is 7.89. The molecule has 0 aliphatic carbocycles. The summed E-state index contributed by atoms with van der Waals surface area (Å²) in [5.41, 5.74) is 3.76. The lowest BCUT2D eigenvalue weighted by Crippen LogP contribution is -2.36. The lowest BCUT2D eigenvalue weighted by Gasteiger charge is -2.29. The van der Waals surface area contributed by atoms with Crippen molar-refractivity contribution in [1.29, 1.82) is 0 Å². The van der Waals surface area contributed by atoms with E-state index in [1.165, 1.54) is 0 Å². The molecule has 134 valence electrons. The minimum absolute atomic E-state index is 0.339. The van der Waals surface area contributed by atoms with E-state index < -0.39 is 10.0 Å². The number of nitrogens with zero attached hydrogens (tertiary/aromatic N) is 1. The van der Waals surface area contributed by atoms with Crippen molar-refractivity contribution in [2.24, 2.45) is 0 Å². The average Bonchev–Trinajstić information content (AvgIpc) is 2.61. The average molecular weight is 361 g/mol. The predicted octanol–water partition coefficient (Wildman–Crippen LogP) is 3.07. The predicted molar refractivity (Wildman–Crippen MR) is 96.8 cm³/mol. The molecule has 25 heavy (non-hydrogen) atoms. The van der Waals surface area contributed by atoms with Gasteiger partial charge in [0.05, 0.1) is 19.1 Å². The molecule has 6 heteroatoms. The Balaban J connectivity index is 1.98. The number of rotatable bonds is 4. The van der Waals surface area contributed by atoms with Crippen LogP contribution in [0.5, 0.6) is 11.5 Å². The minimum Gasteiger partial charge on any atom is -0.493 e. The standard InChI is InChI=1S/C19H23NO4S/c1-13-5-6-14(2)19(9-13)25(21,22)20-8-7-15-10-17(23-3)18(24-4)11-16(15)12-20/h5-6,9-11H,7-8,12H2,1-4H3. The Labute approximate surface area is 149 Å². The van der Waals surface area contributed by atoms with E-state index in [0.717, 1.165) is 22.3 Å². The molecule has 0 fully saturated rings.